The first-order valence-corrected chi connectivity index (χ1v) is 17.4. The summed E-state index contributed by atoms with van der Waals surface area (Å²) in [6.07, 6.45) is 7.67. The maximum Gasteiger partial charge on any atom is 0.145 e. The summed E-state index contributed by atoms with van der Waals surface area (Å²) in [5, 5.41) is 6.31. The zero-order valence-corrected chi connectivity index (χ0v) is 27.0. The van der Waals surface area contributed by atoms with E-state index in [0.717, 1.165) is 40.2 Å². The van der Waals surface area contributed by atoms with E-state index >= 15 is 0 Å². The van der Waals surface area contributed by atoms with Crippen LogP contribution in [0, 0.1) is 0 Å². The van der Waals surface area contributed by atoms with Gasteiger partial charge in [-0.3, -0.25) is 4.99 Å². The predicted octanol–water partition coefficient (Wildman–Crippen LogP) is 11.4. The topological polar surface area (TPSA) is 29.3 Å². The summed E-state index contributed by atoms with van der Waals surface area (Å²) in [5.74, 6) is 0.439. The van der Waals surface area contributed by atoms with E-state index in [1.54, 1.807) is 0 Å². The summed E-state index contributed by atoms with van der Waals surface area (Å²) < 4.78 is 2.50. The van der Waals surface area contributed by atoms with E-state index in [1.807, 2.05) is 11.8 Å². The Morgan fingerprint density at radius 1 is 0.688 bits per heavy atom. The fraction of sp³-hybridized carbons (Fsp3) is 0.0682. The Kier molecular flexibility index (Phi) is 6.31. The lowest BCUT2D eigenvalue weighted by Crippen LogP contribution is -2.20. The highest BCUT2D eigenvalue weighted by molar-refractivity contribution is 8.03. The van der Waals surface area contributed by atoms with Crippen LogP contribution >= 0.6 is 11.8 Å². The van der Waals surface area contributed by atoms with Crippen LogP contribution in [-0.4, -0.2) is 10.3 Å². The number of aliphatic imine (C=N–C) groups is 1. The van der Waals surface area contributed by atoms with Crippen molar-refractivity contribution in [1.82, 2.24) is 4.57 Å². The number of hydrogen-bond acceptors (Lipinski definition) is 3. The van der Waals surface area contributed by atoms with Crippen LogP contribution in [0.5, 0.6) is 0 Å². The van der Waals surface area contributed by atoms with Gasteiger partial charge in [-0.05, 0) is 63.9 Å². The molecular formula is C44H31N3S. The van der Waals surface area contributed by atoms with Crippen LogP contribution in [-0.2, 0) is 0 Å². The van der Waals surface area contributed by atoms with Crippen molar-refractivity contribution in [3.8, 4) is 16.8 Å². The molecule has 10 rings (SSSR count). The SMILES string of the molecule is C1=CCC2C(=C1)Sc1c2ccc2c3cc(-c4ccccc4)ccc3n(-c3cccc(C4N=C(c5ccccc5)c5ccccc5N4)c3)c12. The average Bonchev–Trinajstić information content (AvgIpc) is 3.71. The van der Waals surface area contributed by atoms with Gasteiger partial charge >= 0.3 is 0 Å². The Morgan fingerprint density at radius 2 is 1.50 bits per heavy atom. The number of hydrogen-bond donors (Lipinski definition) is 1. The summed E-state index contributed by atoms with van der Waals surface area (Å²) in [6.45, 7) is 0. The van der Waals surface area contributed by atoms with Gasteiger partial charge in [0, 0.05) is 44.1 Å². The molecule has 1 aromatic heterocycles. The molecule has 3 nitrogen and oxygen atoms in total. The fourth-order valence-corrected chi connectivity index (χ4v) is 9.05. The van der Waals surface area contributed by atoms with Crippen LogP contribution < -0.4 is 5.32 Å². The van der Waals surface area contributed by atoms with Gasteiger partial charge in [-0.25, -0.2) is 0 Å². The normalized spacial score (nSPS) is 17.8. The largest absolute Gasteiger partial charge is 0.360 e. The molecule has 1 aliphatic carbocycles. The molecule has 0 bridgehead atoms. The van der Waals surface area contributed by atoms with E-state index in [4.69, 9.17) is 4.99 Å². The van der Waals surface area contributed by atoms with Crippen molar-refractivity contribution in [2.45, 2.75) is 23.4 Å². The van der Waals surface area contributed by atoms with Crippen LogP contribution in [0.25, 0.3) is 38.6 Å². The van der Waals surface area contributed by atoms with Crippen molar-refractivity contribution in [2.24, 2.45) is 4.99 Å². The fourth-order valence-electron chi connectivity index (χ4n) is 7.68. The van der Waals surface area contributed by atoms with Crippen molar-refractivity contribution in [3.63, 3.8) is 0 Å². The van der Waals surface area contributed by atoms with Gasteiger partial charge in [-0.15, -0.1) is 0 Å². The predicted molar refractivity (Wildman–Crippen MR) is 202 cm³/mol. The lowest BCUT2D eigenvalue weighted by atomic mass is 9.92. The summed E-state index contributed by atoms with van der Waals surface area (Å²) in [7, 11) is 0. The third kappa shape index (κ3) is 4.33. The number of benzene rings is 6. The minimum absolute atomic E-state index is 0.216. The molecule has 4 heteroatoms. The molecule has 0 saturated carbocycles. The molecule has 3 aliphatic rings. The number of para-hydroxylation sites is 1. The maximum atomic E-state index is 5.34. The molecule has 0 spiro atoms. The zero-order chi connectivity index (χ0) is 31.6. The Bertz CT molecular complexity index is 2490. The second-order valence-corrected chi connectivity index (χ2v) is 13.8. The number of fused-ring (bicyclic) bond motifs is 8. The molecule has 48 heavy (non-hydrogen) atoms. The van der Waals surface area contributed by atoms with Gasteiger partial charge < -0.3 is 9.88 Å². The van der Waals surface area contributed by atoms with Gasteiger partial charge in [0.05, 0.1) is 16.7 Å². The quantitative estimate of drug-likeness (QED) is 0.209. The van der Waals surface area contributed by atoms with Crippen molar-refractivity contribution >= 4 is 45.0 Å². The highest BCUT2D eigenvalue weighted by Gasteiger charge is 2.32. The molecule has 0 amide bonds. The van der Waals surface area contributed by atoms with Crippen LogP contribution in [0.2, 0.25) is 0 Å². The van der Waals surface area contributed by atoms with Crippen molar-refractivity contribution < 1.29 is 0 Å². The van der Waals surface area contributed by atoms with Crippen molar-refractivity contribution in [3.05, 3.63) is 185 Å². The maximum absolute atomic E-state index is 5.34. The summed E-state index contributed by atoms with van der Waals surface area (Å²) in [5.41, 5.74) is 13.1. The molecule has 2 unspecified atom stereocenters. The minimum Gasteiger partial charge on any atom is -0.360 e. The molecule has 228 valence electrons. The third-order valence-corrected chi connectivity index (χ3v) is 11.2. The zero-order valence-electron chi connectivity index (χ0n) is 26.2. The number of rotatable bonds is 4. The second-order valence-electron chi connectivity index (χ2n) is 12.7. The van der Waals surface area contributed by atoms with Gasteiger partial charge in [0.2, 0.25) is 0 Å². The van der Waals surface area contributed by atoms with Crippen LogP contribution in [0.4, 0.5) is 5.69 Å². The van der Waals surface area contributed by atoms with Crippen LogP contribution in [0.3, 0.4) is 0 Å². The Balaban J connectivity index is 1.18. The van der Waals surface area contributed by atoms with E-state index < -0.39 is 0 Å². The standard InChI is InChI=1S/C44H31N3S/c1-3-12-28(13-4-1)30-22-25-39-37(27-30)34-23-24-35-33-18-8-10-21-40(33)48-43(35)42(34)47(39)32-17-11-16-31(26-32)44-45-38-20-9-7-19-36(38)41(46-44)29-14-5-2-6-15-29/h1-17,19-27,33,44-45H,18H2. The second kappa shape index (κ2) is 11.0. The average molecular weight is 634 g/mol. The number of allylic oxidation sites excluding steroid dienone is 4. The first-order valence-electron chi connectivity index (χ1n) is 16.6. The van der Waals surface area contributed by atoms with Crippen LogP contribution in [0.1, 0.15) is 40.8 Å². The van der Waals surface area contributed by atoms with Gasteiger partial charge in [0.1, 0.15) is 6.17 Å². The molecule has 0 fully saturated rings. The first-order chi connectivity index (χ1) is 23.8. The monoisotopic (exact) mass is 633 g/mol. The smallest absolute Gasteiger partial charge is 0.145 e. The van der Waals surface area contributed by atoms with E-state index in [0.29, 0.717) is 5.92 Å². The molecule has 2 atom stereocenters. The number of nitrogens with zero attached hydrogens (tertiary/aromatic N) is 2. The van der Waals surface area contributed by atoms with E-state index in [2.05, 4.69) is 168 Å². The highest BCUT2D eigenvalue weighted by atomic mass is 32.2. The van der Waals surface area contributed by atoms with Gasteiger partial charge in [-0.2, -0.15) is 0 Å². The van der Waals surface area contributed by atoms with Crippen LogP contribution in [0.15, 0.2) is 173 Å². The highest BCUT2D eigenvalue weighted by Crippen LogP contribution is 2.55. The van der Waals surface area contributed by atoms with Gasteiger partial charge in [0.25, 0.3) is 0 Å². The van der Waals surface area contributed by atoms with E-state index in [-0.39, 0.29) is 6.17 Å². The number of nitrogens with one attached hydrogen (secondary N) is 1. The molecule has 2 aliphatic heterocycles. The minimum atomic E-state index is -0.216. The molecule has 3 heterocycles. The van der Waals surface area contributed by atoms with Crippen molar-refractivity contribution in [1.29, 1.82) is 0 Å². The number of aromatic nitrogens is 1. The summed E-state index contributed by atoms with van der Waals surface area (Å²) in [6, 6.07) is 50.4. The van der Waals surface area contributed by atoms with Gasteiger partial charge in [0.15, 0.2) is 0 Å². The molecule has 6 aromatic carbocycles. The number of thioether (sulfide) groups is 1. The number of anilines is 1. The molecular weight excluding hydrogens is 603 g/mol. The summed E-state index contributed by atoms with van der Waals surface area (Å²) in [4.78, 5) is 8.17. The Labute approximate surface area is 284 Å². The summed E-state index contributed by atoms with van der Waals surface area (Å²) >= 11 is 1.95. The van der Waals surface area contributed by atoms with E-state index in [9.17, 15) is 0 Å². The Morgan fingerprint density at radius 3 is 2.38 bits per heavy atom. The third-order valence-electron chi connectivity index (χ3n) is 9.95. The van der Waals surface area contributed by atoms with E-state index in [1.165, 1.54) is 48.3 Å². The molecule has 0 radical (unpaired) electrons. The van der Waals surface area contributed by atoms with Crippen molar-refractivity contribution in [2.75, 3.05) is 5.32 Å². The van der Waals surface area contributed by atoms with Gasteiger partial charge in [-0.1, -0.05) is 139 Å². The lowest BCUT2D eigenvalue weighted by molar-refractivity contribution is 0.826. The molecule has 1 N–H and O–H groups in total. The Hall–Kier alpha value is -5.58. The molecule has 7 aromatic rings. The lowest BCUT2D eigenvalue weighted by Gasteiger charge is -2.26. The first kappa shape index (κ1) is 27.5. The molecule has 0 saturated heterocycles.